The summed E-state index contributed by atoms with van der Waals surface area (Å²) in [6.07, 6.45) is -4.70. The Hall–Kier alpha value is -2.55. The third-order valence-electron chi connectivity index (χ3n) is 4.09. The highest BCUT2D eigenvalue weighted by atomic mass is 35.5. The molecule has 2 aromatic rings. The average Bonchev–Trinajstić information content (AvgIpc) is 3.02. The molecule has 0 fully saturated rings. The van der Waals surface area contributed by atoms with E-state index in [2.05, 4.69) is 10.4 Å². The number of nitrogens with one attached hydrogen (secondary N) is 1. The van der Waals surface area contributed by atoms with Gasteiger partial charge in [-0.25, -0.2) is 9.48 Å². The number of aromatic nitrogens is 2. The summed E-state index contributed by atoms with van der Waals surface area (Å²) in [6.45, 7) is 1.05. The number of hydrogen-bond acceptors (Lipinski definition) is 5. The summed E-state index contributed by atoms with van der Waals surface area (Å²) in [5.41, 5.74) is -0.00582. The number of alkyl halides is 3. The molecule has 0 aliphatic carbocycles. The average molecular weight is 402 g/mol. The van der Waals surface area contributed by atoms with Crippen molar-refractivity contribution in [3.63, 3.8) is 0 Å². The molecule has 1 aliphatic heterocycles. The molecule has 0 amide bonds. The minimum absolute atomic E-state index is 0.0760. The van der Waals surface area contributed by atoms with Crippen LogP contribution in [-0.2, 0) is 4.74 Å². The van der Waals surface area contributed by atoms with Crippen molar-refractivity contribution in [1.29, 1.82) is 0 Å². The van der Waals surface area contributed by atoms with Gasteiger partial charge >= 0.3 is 12.1 Å². The molecule has 1 aromatic carbocycles. The lowest BCUT2D eigenvalue weighted by molar-refractivity contribution is -0.173. The van der Waals surface area contributed by atoms with Crippen molar-refractivity contribution in [3.8, 4) is 0 Å². The Kier molecular flexibility index (Phi) is 5.14. The summed E-state index contributed by atoms with van der Waals surface area (Å²) in [6, 6.07) is 4.91. The van der Waals surface area contributed by atoms with Gasteiger partial charge in [-0.1, -0.05) is 11.6 Å². The van der Waals surface area contributed by atoms with Crippen molar-refractivity contribution in [1.82, 2.24) is 9.78 Å². The van der Waals surface area contributed by atoms with Crippen molar-refractivity contribution in [2.75, 3.05) is 11.9 Å². The van der Waals surface area contributed by atoms with Crippen LogP contribution in [-0.4, -0.2) is 40.4 Å². The zero-order valence-corrected chi connectivity index (χ0v) is 14.8. The molecule has 1 aliphatic rings. The molecule has 0 bridgehead atoms. The second kappa shape index (κ2) is 7.22. The smallest absolute Gasteiger partial charge is 0.410 e. The minimum atomic E-state index is -4.50. The van der Waals surface area contributed by atoms with Crippen molar-refractivity contribution in [2.45, 2.75) is 31.6 Å². The fourth-order valence-electron chi connectivity index (χ4n) is 2.78. The summed E-state index contributed by atoms with van der Waals surface area (Å²) in [5, 5.41) is 7.02. The molecule has 10 heteroatoms. The maximum atomic E-state index is 13.2. The number of rotatable bonds is 4. The van der Waals surface area contributed by atoms with Crippen LogP contribution >= 0.6 is 11.6 Å². The molecule has 2 heterocycles. The molecule has 0 unspecified atom stereocenters. The Bertz CT molecular complexity index is 865. The fraction of sp³-hybridized carbons (Fsp3) is 0.353. The Morgan fingerprint density at radius 2 is 2.00 bits per heavy atom. The second-order valence-electron chi connectivity index (χ2n) is 6.20. The van der Waals surface area contributed by atoms with E-state index in [1.165, 1.54) is 30.3 Å². The number of anilines is 1. The number of ketones is 1. The molecule has 0 saturated heterocycles. The summed E-state index contributed by atoms with van der Waals surface area (Å²) >= 11 is 5.73. The maximum Gasteiger partial charge on any atom is 0.410 e. The summed E-state index contributed by atoms with van der Waals surface area (Å²) < 4.78 is 45.3. The molecule has 1 aromatic heterocycles. The third-order valence-corrected chi connectivity index (χ3v) is 4.34. The van der Waals surface area contributed by atoms with Gasteiger partial charge in [-0.2, -0.15) is 18.3 Å². The highest BCUT2D eigenvalue weighted by molar-refractivity contribution is 6.30. The van der Waals surface area contributed by atoms with E-state index in [9.17, 15) is 22.8 Å². The van der Waals surface area contributed by atoms with Gasteiger partial charge in [-0.3, -0.25) is 4.79 Å². The van der Waals surface area contributed by atoms with Crippen molar-refractivity contribution >= 4 is 29.2 Å². The largest absolute Gasteiger partial charge is 0.453 e. The van der Waals surface area contributed by atoms with Gasteiger partial charge in [0.05, 0.1) is 0 Å². The van der Waals surface area contributed by atoms with E-state index in [4.69, 9.17) is 16.3 Å². The standard InChI is InChI=1S/C17H15ClF3N3O3/c1-9-6-14(17(19,20)21)24-15(22-9)7-12(23-24)16(26)27-8-13(25)10-2-4-11(18)5-3-10/h2-5,7,9,14,22H,6,8H2,1H3/t9-,14-/m0/s1. The predicted octanol–water partition coefficient (Wildman–Crippen LogP) is 3.88. The quantitative estimate of drug-likeness (QED) is 0.621. The van der Waals surface area contributed by atoms with Crippen molar-refractivity contribution in [3.05, 3.63) is 46.6 Å². The Morgan fingerprint density at radius 1 is 1.33 bits per heavy atom. The topological polar surface area (TPSA) is 73.2 Å². The number of carbonyl (C=O) groups is 2. The van der Waals surface area contributed by atoms with Crippen LogP contribution in [0.2, 0.25) is 5.02 Å². The first-order valence-electron chi connectivity index (χ1n) is 8.04. The predicted molar refractivity (Wildman–Crippen MR) is 91.1 cm³/mol. The van der Waals surface area contributed by atoms with Gasteiger partial charge in [0.2, 0.25) is 0 Å². The third kappa shape index (κ3) is 4.24. The van der Waals surface area contributed by atoms with E-state index >= 15 is 0 Å². The van der Waals surface area contributed by atoms with Gasteiger partial charge in [0.1, 0.15) is 5.82 Å². The molecule has 0 spiro atoms. The maximum absolute atomic E-state index is 13.2. The van der Waals surface area contributed by atoms with Crippen LogP contribution in [0.25, 0.3) is 0 Å². The zero-order valence-electron chi connectivity index (χ0n) is 14.1. The van der Waals surface area contributed by atoms with Gasteiger partial charge in [-0.15, -0.1) is 0 Å². The number of carbonyl (C=O) groups excluding carboxylic acids is 2. The van der Waals surface area contributed by atoms with Crippen LogP contribution in [0.1, 0.15) is 40.2 Å². The van der Waals surface area contributed by atoms with E-state index < -0.39 is 36.6 Å². The zero-order chi connectivity index (χ0) is 19.8. The highest BCUT2D eigenvalue weighted by Gasteiger charge is 2.45. The van der Waals surface area contributed by atoms with E-state index in [1.807, 2.05) is 0 Å². The first kappa shape index (κ1) is 19.2. The minimum Gasteiger partial charge on any atom is -0.453 e. The second-order valence-corrected chi connectivity index (χ2v) is 6.64. The van der Waals surface area contributed by atoms with E-state index in [0.29, 0.717) is 10.6 Å². The molecule has 3 rings (SSSR count). The molecule has 0 radical (unpaired) electrons. The van der Waals surface area contributed by atoms with Gasteiger partial charge in [0.25, 0.3) is 0 Å². The van der Waals surface area contributed by atoms with Crippen LogP contribution < -0.4 is 5.32 Å². The van der Waals surface area contributed by atoms with E-state index in [0.717, 1.165) is 4.68 Å². The lowest BCUT2D eigenvalue weighted by Gasteiger charge is -2.31. The van der Waals surface area contributed by atoms with E-state index in [-0.39, 0.29) is 17.9 Å². The molecular formula is C17H15ClF3N3O3. The molecule has 144 valence electrons. The number of Topliss-reactive ketones (excluding diaryl/α,β-unsaturated/α-hetero) is 1. The number of fused-ring (bicyclic) bond motifs is 1. The summed E-state index contributed by atoms with van der Waals surface area (Å²) in [7, 11) is 0. The number of benzene rings is 1. The lowest BCUT2D eigenvalue weighted by Crippen LogP contribution is -2.37. The summed E-state index contributed by atoms with van der Waals surface area (Å²) in [4.78, 5) is 24.1. The van der Waals surface area contributed by atoms with Gasteiger partial charge in [0.15, 0.2) is 24.1 Å². The summed E-state index contributed by atoms with van der Waals surface area (Å²) in [5.74, 6) is -1.37. The number of halogens is 4. The van der Waals surface area contributed by atoms with Crippen LogP contribution in [0.15, 0.2) is 30.3 Å². The monoisotopic (exact) mass is 401 g/mol. The van der Waals surface area contributed by atoms with Crippen LogP contribution in [0.5, 0.6) is 0 Å². The van der Waals surface area contributed by atoms with Gasteiger partial charge < -0.3 is 10.1 Å². The number of nitrogens with zero attached hydrogens (tertiary/aromatic N) is 2. The van der Waals surface area contributed by atoms with Crippen LogP contribution in [0.3, 0.4) is 0 Å². The molecule has 0 saturated carbocycles. The van der Waals surface area contributed by atoms with Gasteiger partial charge in [0, 0.05) is 22.7 Å². The first-order chi connectivity index (χ1) is 12.6. The number of esters is 1. The Balaban J connectivity index is 1.71. The lowest BCUT2D eigenvalue weighted by atomic mass is 10.1. The Labute approximate surface area is 157 Å². The SMILES string of the molecule is C[C@H]1C[C@@H](C(F)(F)F)n2nc(C(=O)OCC(=O)c3ccc(Cl)cc3)cc2N1. The molecule has 2 atom stereocenters. The highest BCUT2D eigenvalue weighted by Crippen LogP contribution is 2.39. The first-order valence-corrected chi connectivity index (χ1v) is 8.41. The van der Waals surface area contributed by atoms with Gasteiger partial charge in [-0.05, 0) is 37.6 Å². The molecule has 27 heavy (non-hydrogen) atoms. The van der Waals surface area contributed by atoms with Crippen molar-refractivity contribution < 1.29 is 27.5 Å². The Morgan fingerprint density at radius 3 is 2.63 bits per heavy atom. The fourth-order valence-corrected chi connectivity index (χ4v) is 2.91. The van der Waals surface area contributed by atoms with Crippen molar-refractivity contribution in [2.24, 2.45) is 0 Å². The molecule has 1 N–H and O–H groups in total. The number of ether oxygens (including phenoxy) is 1. The van der Waals surface area contributed by atoms with E-state index in [1.54, 1.807) is 6.92 Å². The molecule has 6 nitrogen and oxygen atoms in total. The number of hydrogen-bond donors (Lipinski definition) is 1. The normalized spacial score (nSPS) is 19.1. The van der Waals surface area contributed by atoms with Crippen LogP contribution in [0.4, 0.5) is 19.0 Å². The molecular weight excluding hydrogens is 387 g/mol. The van der Waals surface area contributed by atoms with Crippen LogP contribution in [0, 0.1) is 0 Å².